The Balaban J connectivity index is 1.58. The molecule has 0 saturated carbocycles. The molecule has 37 heavy (non-hydrogen) atoms. The molecule has 4 heterocycles. The Morgan fingerprint density at radius 1 is 1.11 bits per heavy atom. The lowest BCUT2D eigenvalue weighted by Gasteiger charge is -2.33. The normalized spacial score (nSPS) is 17.9. The number of carbonyl (C=O) groups excluding carboxylic acids is 1. The molecule has 4 rings (SSSR count). The molecule has 1 saturated heterocycles. The van der Waals surface area contributed by atoms with E-state index in [0.29, 0.717) is 19.8 Å². The van der Waals surface area contributed by atoms with Crippen molar-refractivity contribution in [3.63, 3.8) is 0 Å². The van der Waals surface area contributed by atoms with Crippen molar-refractivity contribution in [2.75, 3.05) is 57.8 Å². The quantitative estimate of drug-likeness (QED) is 0.386. The number of likely N-dealkylation sites (N-methyl/N-ethyl adjacent to an activating group) is 1. The summed E-state index contributed by atoms with van der Waals surface area (Å²) in [5.74, 6) is 0.922. The number of piperazine rings is 1. The smallest absolute Gasteiger partial charge is 0.410 e. The van der Waals surface area contributed by atoms with Crippen molar-refractivity contribution < 1.29 is 14.3 Å². The molecule has 0 bridgehead atoms. The summed E-state index contributed by atoms with van der Waals surface area (Å²) in [5.41, 5.74) is 3.52. The fourth-order valence-electron chi connectivity index (χ4n) is 4.51. The first-order valence-electron chi connectivity index (χ1n) is 13.4. The molecule has 0 aliphatic carbocycles. The minimum atomic E-state index is -1.16. The van der Waals surface area contributed by atoms with Crippen LogP contribution in [0.25, 0.3) is 16.7 Å². The van der Waals surface area contributed by atoms with Crippen LogP contribution in [0.15, 0.2) is 18.5 Å². The van der Waals surface area contributed by atoms with Crippen LogP contribution in [-0.2, 0) is 16.2 Å². The Kier molecular flexibility index (Phi) is 8.30. The molecule has 0 aromatic carbocycles. The van der Waals surface area contributed by atoms with Crippen LogP contribution in [-0.4, -0.2) is 97.0 Å². The molecule has 0 atom stereocenters. The highest BCUT2D eigenvalue weighted by atomic mass is 28.3. The molecule has 0 N–H and O–H groups in total. The number of amides is 1. The van der Waals surface area contributed by atoms with Crippen LogP contribution in [0.3, 0.4) is 0 Å². The predicted octanol–water partition coefficient (Wildman–Crippen LogP) is 4.52. The molecule has 10 heteroatoms. The molecule has 9 nitrogen and oxygen atoms in total. The van der Waals surface area contributed by atoms with Gasteiger partial charge in [0, 0.05) is 65.7 Å². The SMILES string of the molecule is CN1CCN(c2cnc3c(n2)c(C2=CCN(C(=O)OC(C)(C)C)CC2)cn3COCC[Si](C)(C)C)CC1. The van der Waals surface area contributed by atoms with E-state index in [-0.39, 0.29) is 6.09 Å². The van der Waals surface area contributed by atoms with E-state index in [1.54, 1.807) is 4.90 Å². The summed E-state index contributed by atoms with van der Waals surface area (Å²) in [6.07, 6.45) is 6.63. The predicted molar refractivity (Wildman–Crippen MR) is 152 cm³/mol. The summed E-state index contributed by atoms with van der Waals surface area (Å²) in [6.45, 7) is 19.1. The van der Waals surface area contributed by atoms with Crippen LogP contribution in [0.4, 0.5) is 10.6 Å². The van der Waals surface area contributed by atoms with Gasteiger partial charge in [0.15, 0.2) is 5.65 Å². The van der Waals surface area contributed by atoms with Crippen molar-refractivity contribution in [3.8, 4) is 0 Å². The monoisotopic (exact) mass is 528 g/mol. The van der Waals surface area contributed by atoms with E-state index in [9.17, 15) is 4.79 Å². The van der Waals surface area contributed by atoms with Crippen LogP contribution >= 0.6 is 0 Å². The van der Waals surface area contributed by atoms with E-state index >= 15 is 0 Å². The van der Waals surface area contributed by atoms with Gasteiger partial charge >= 0.3 is 6.09 Å². The van der Waals surface area contributed by atoms with Crippen molar-refractivity contribution in [3.05, 3.63) is 24.0 Å². The lowest BCUT2D eigenvalue weighted by atomic mass is 10.0. The highest BCUT2D eigenvalue weighted by molar-refractivity contribution is 6.76. The number of nitrogens with zero attached hydrogens (tertiary/aromatic N) is 6. The molecular formula is C27H44N6O3Si. The number of anilines is 1. The Morgan fingerprint density at radius 3 is 2.46 bits per heavy atom. The topological polar surface area (TPSA) is 76.0 Å². The average Bonchev–Trinajstić information content (AvgIpc) is 3.18. The second-order valence-electron chi connectivity index (χ2n) is 12.5. The summed E-state index contributed by atoms with van der Waals surface area (Å²) in [5, 5.41) is 0. The molecule has 2 aliphatic rings. The Labute approximate surface area is 222 Å². The highest BCUT2D eigenvalue weighted by Gasteiger charge is 2.26. The van der Waals surface area contributed by atoms with Gasteiger partial charge in [0.2, 0.25) is 0 Å². The van der Waals surface area contributed by atoms with E-state index < -0.39 is 13.7 Å². The Hall–Kier alpha value is -2.43. The van der Waals surface area contributed by atoms with Gasteiger partial charge in [-0.15, -0.1) is 0 Å². The number of aromatic nitrogens is 3. The van der Waals surface area contributed by atoms with Crippen molar-refractivity contribution in [2.45, 2.75) is 65.2 Å². The van der Waals surface area contributed by atoms with Crippen molar-refractivity contribution in [2.24, 2.45) is 0 Å². The van der Waals surface area contributed by atoms with Crippen molar-refractivity contribution >= 4 is 36.7 Å². The number of fused-ring (bicyclic) bond motifs is 1. The van der Waals surface area contributed by atoms with E-state index in [1.807, 2.05) is 27.0 Å². The minimum absolute atomic E-state index is 0.266. The first-order chi connectivity index (χ1) is 17.4. The summed E-state index contributed by atoms with van der Waals surface area (Å²) < 4.78 is 13.7. The zero-order chi connectivity index (χ0) is 26.8. The van der Waals surface area contributed by atoms with Gasteiger partial charge in [-0.2, -0.15) is 0 Å². The average molecular weight is 529 g/mol. The van der Waals surface area contributed by atoms with Crippen molar-refractivity contribution in [1.82, 2.24) is 24.3 Å². The number of hydrogen-bond acceptors (Lipinski definition) is 7. The number of ether oxygens (including phenoxy) is 2. The third-order valence-corrected chi connectivity index (χ3v) is 8.52. The summed E-state index contributed by atoms with van der Waals surface area (Å²) in [7, 11) is 0.999. The molecule has 0 unspecified atom stereocenters. The van der Waals surface area contributed by atoms with E-state index in [1.165, 1.54) is 5.57 Å². The summed E-state index contributed by atoms with van der Waals surface area (Å²) >= 11 is 0. The maximum atomic E-state index is 12.6. The molecule has 0 radical (unpaired) electrons. The summed E-state index contributed by atoms with van der Waals surface area (Å²) in [4.78, 5) is 29.0. The van der Waals surface area contributed by atoms with E-state index in [0.717, 1.165) is 67.8 Å². The molecule has 1 amide bonds. The van der Waals surface area contributed by atoms with Gasteiger partial charge in [-0.1, -0.05) is 25.7 Å². The van der Waals surface area contributed by atoms with Gasteiger partial charge in [-0.25, -0.2) is 14.8 Å². The fourth-order valence-corrected chi connectivity index (χ4v) is 5.27. The lowest BCUT2D eigenvalue weighted by Crippen LogP contribution is -2.44. The lowest BCUT2D eigenvalue weighted by molar-refractivity contribution is 0.0270. The van der Waals surface area contributed by atoms with Crippen LogP contribution < -0.4 is 4.90 Å². The molecule has 2 aliphatic heterocycles. The van der Waals surface area contributed by atoms with E-state index in [2.05, 4.69) is 53.3 Å². The number of hydrogen-bond donors (Lipinski definition) is 0. The van der Waals surface area contributed by atoms with Gasteiger partial charge in [0.1, 0.15) is 23.7 Å². The van der Waals surface area contributed by atoms with Crippen LogP contribution in [0.5, 0.6) is 0 Å². The Morgan fingerprint density at radius 2 is 1.84 bits per heavy atom. The van der Waals surface area contributed by atoms with Gasteiger partial charge in [-0.05, 0) is 45.9 Å². The molecule has 2 aromatic heterocycles. The van der Waals surface area contributed by atoms with Crippen LogP contribution in [0, 0.1) is 0 Å². The maximum Gasteiger partial charge on any atom is 0.410 e. The molecular weight excluding hydrogens is 484 g/mol. The minimum Gasteiger partial charge on any atom is -0.444 e. The first kappa shape index (κ1) is 27.6. The molecule has 0 spiro atoms. The van der Waals surface area contributed by atoms with Gasteiger partial charge in [0.05, 0.1) is 6.20 Å². The van der Waals surface area contributed by atoms with Crippen LogP contribution in [0.1, 0.15) is 32.8 Å². The second-order valence-corrected chi connectivity index (χ2v) is 18.1. The standard InChI is InChI=1S/C27H44N6O3Si/c1-27(2,3)36-26(34)32-10-8-21(9-11-32)22-19-33(20-35-16-17-37(5,6)7)25-24(22)29-23(18-28-25)31-14-12-30(4)13-15-31/h8,18-19H,9-17,20H2,1-7H3. The maximum absolute atomic E-state index is 12.6. The van der Waals surface area contributed by atoms with Gasteiger partial charge in [0.25, 0.3) is 0 Å². The van der Waals surface area contributed by atoms with Gasteiger partial charge < -0.3 is 28.7 Å². The Bertz CT molecular complexity index is 1130. The molecule has 2 aromatic rings. The van der Waals surface area contributed by atoms with Gasteiger partial charge in [-0.3, -0.25) is 0 Å². The first-order valence-corrected chi connectivity index (χ1v) is 17.1. The highest BCUT2D eigenvalue weighted by Crippen LogP contribution is 2.31. The third-order valence-electron chi connectivity index (χ3n) is 6.81. The summed E-state index contributed by atoms with van der Waals surface area (Å²) in [6, 6.07) is 1.13. The van der Waals surface area contributed by atoms with Crippen molar-refractivity contribution in [1.29, 1.82) is 0 Å². The van der Waals surface area contributed by atoms with Crippen LogP contribution in [0.2, 0.25) is 25.7 Å². The number of rotatable bonds is 7. The largest absolute Gasteiger partial charge is 0.444 e. The zero-order valence-corrected chi connectivity index (χ0v) is 24.7. The molecule has 1 fully saturated rings. The number of carbonyl (C=O) groups is 1. The second kappa shape index (κ2) is 11.1. The molecule has 204 valence electrons. The zero-order valence-electron chi connectivity index (χ0n) is 23.7. The fraction of sp³-hybridized carbons (Fsp3) is 0.667. The van der Waals surface area contributed by atoms with E-state index in [4.69, 9.17) is 19.4 Å². The third kappa shape index (κ3) is 7.33.